The number of ether oxygens (including phenoxy) is 1. The van der Waals surface area contributed by atoms with Crippen LogP contribution >= 0.6 is 0 Å². The number of rotatable bonds is 2. The summed E-state index contributed by atoms with van der Waals surface area (Å²) in [5.41, 5.74) is 1.56. The third-order valence-corrected chi connectivity index (χ3v) is 8.26. The van der Waals surface area contributed by atoms with Crippen LogP contribution < -0.4 is 0 Å². The smallest absolute Gasteiger partial charge is 0.331 e. The van der Waals surface area contributed by atoms with E-state index in [9.17, 15) is 14.4 Å². The topological polar surface area (TPSA) is 82.0 Å². The molecule has 0 radical (unpaired) electrons. The van der Waals surface area contributed by atoms with E-state index in [1.807, 2.05) is 0 Å². The van der Waals surface area contributed by atoms with Crippen molar-refractivity contribution >= 4 is 23.4 Å². The molecule has 0 saturated heterocycles. The summed E-state index contributed by atoms with van der Waals surface area (Å²) < 4.78 is 5.50. The number of nitrogens with zero attached hydrogens (tertiary/aromatic N) is 1. The van der Waals surface area contributed by atoms with Crippen molar-refractivity contribution in [3.8, 4) is 0 Å². The molecule has 6 heteroatoms. The zero-order valence-electron chi connectivity index (χ0n) is 17.8. The van der Waals surface area contributed by atoms with Crippen molar-refractivity contribution in [3.63, 3.8) is 0 Å². The molecule has 0 spiro atoms. The van der Waals surface area contributed by atoms with Crippen LogP contribution in [0.3, 0.4) is 0 Å². The minimum atomic E-state index is -0.495. The van der Waals surface area contributed by atoms with Crippen LogP contribution in [-0.4, -0.2) is 29.5 Å². The number of ketones is 1. The highest BCUT2D eigenvalue weighted by Gasteiger charge is 2.60. The first-order valence-corrected chi connectivity index (χ1v) is 10.8. The number of allylic oxidation sites excluding steroid dienone is 1. The summed E-state index contributed by atoms with van der Waals surface area (Å²) >= 11 is 0. The van der Waals surface area contributed by atoms with E-state index in [1.165, 1.54) is 19.4 Å². The minimum Gasteiger partial charge on any atom is -0.462 e. The Bertz CT molecular complexity index is 814. The van der Waals surface area contributed by atoms with E-state index < -0.39 is 11.4 Å². The van der Waals surface area contributed by atoms with Gasteiger partial charge in [0.15, 0.2) is 5.78 Å². The molecule has 0 aromatic rings. The lowest BCUT2D eigenvalue weighted by atomic mass is 9.48. The molecule has 4 rings (SSSR count). The molecule has 158 valence electrons. The number of hydrogen-bond acceptors (Lipinski definition) is 6. The van der Waals surface area contributed by atoms with Crippen molar-refractivity contribution in [2.45, 2.75) is 78.7 Å². The average molecular weight is 402 g/mol. The molecule has 0 N–H and O–H groups in total. The molecule has 29 heavy (non-hydrogen) atoms. The molecule has 0 heterocycles. The summed E-state index contributed by atoms with van der Waals surface area (Å²) in [6.45, 7) is 7.22. The van der Waals surface area contributed by atoms with Crippen LogP contribution in [0, 0.1) is 28.6 Å². The number of Topliss-reactive ketones (excluding diaryl/α,β-unsaturated/α-hetero) is 1. The second-order valence-electron chi connectivity index (χ2n) is 9.84. The largest absolute Gasteiger partial charge is 0.462 e. The van der Waals surface area contributed by atoms with E-state index in [0.29, 0.717) is 24.0 Å². The molecule has 4 aliphatic rings. The first-order chi connectivity index (χ1) is 13.6. The van der Waals surface area contributed by atoms with Crippen LogP contribution in [-0.2, 0) is 24.0 Å². The molecule has 3 fully saturated rings. The molecule has 0 aliphatic heterocycles. The minimum absolute atomic E-state index is 0.00671. The molecule has 0 bridgehead atoms. The average Bonchev–Trinajstić information content (AvgIpc) is 2.91. The second-order valence-corrected chi connectivity index (χ2v) is 9.84. The van der Waals surface area contributed by atoms with Gasteiger partial charge in [0.1, 0.15) is 11.8 Å². The van der Waals surface area contributed by atoms with E-state index in [1.54, 1.807) is 0 Å². The lowest BCUT2D eigenvalue weighted by Crippen LogP contribution is -2.50. The molecule has 4 aliphatic carbocycles. The number of fused-ring (bicyclic) bond motifs is 5. The Morgan fingerprint density at radius 1 is 1.03 bits per heavy atom. The highest BCUT2D eigenvalue weighted by Crippen LogP contribution is 2.63. The number of oxime groups is 1. The number of carbonyl (C=O) groups excluding carboxylic acids is 3. The first kappa shape index (κ1) is 20.3. The molecule has 6 unspecified atom stereocenters. The van der Waals surface area contributed by atoms with Crippen LogP contribution in [0.1, 0.15) is 72.6 Å². The third-order valence-electron chi connectivity index (χ3n) is 8.26. The van der Waals surface area contributed by atoms with Crippen molar-refractivity contribution in [1.82, 2.24) is 0 Å². The van der Waals surface area contributed by atoms with Crippen LogP contribution in [0.15, 0.2) is 16.8 Å². The SMILES string of the molecule is CC(=O)ON=C1CC2C3CC=C4CC(OC(C)=O)CCC4(C)C3CCC2(C)C1=O. The van der Waals surface area contributed by atoms with Crippen molar-refractivity contribution < 1.29 is 24.0 Å². The van der Waals surface area contributed by atoms with Gasteiger partial charge in [-0.05, 0) is 55.3 Å². The van der Waals surface area contributed by atoms with Gasteiger partial charge in [-0.15, -0.1) is 0 Å². The van der Waals surface area contributed by atoms with Gasteiger partial charge in [0.05, 0.1) is 0 Å². The van der Waals surface area contributed by atoms with Gasteiger partial charge in [0.25, 0.3) is 0 Å². The van der Waals surface area contributed by atoms with E-state index in [2.05, 4.69) is 25.1 Å². The fraction of sp³-hybridized carbons (Fsp3) is 0.739. The Morgan fingerprint density at radius 3 is 2.45 bits per heavy atom. The number of hydrogen-bond donors (Lipinski definition) is 0. The van der Waals surface area contributed by atoms with E-state index >= 15 is 0 Å². The maximum atomic E-state index is 13.1. The van der Waals surface area contributed by atoms with Gasteiger partial charge in [-0.1, -0.05) is 30.7 Å². The molecule has 0 amide bonds. The molecule has 6 nitrogen and oxygen atoms in total. The fourth-order valence-corrected chi connectivity index (χ4v) is 6.77. The van der Waals surface area contributed by atoms with Gasteiger partial charge in [-0.2, -0.15) is 0 Å². The van der Waals surface area contributed by atoms with Crippen LogP contribution in [0.25, 0.3) is 0 Å². The lowest BCUT2D eigenvalue weighted by Gasteiger charge is -2.56. The van der Waals surface area contributed by atoms with Gasteiger partial charge >= 0.3 is 11.9 Å². The molecule has 0 aromatic carbocycles. The summed E-state index contributed by atoms with van der Waals surface area (Å²) in [7, 11) is 0. The molecular formula is C23H31NO5. The second kappa shape index (κ2) is 7.06. The molecule has 6 atom stereocenters. The van der Waals surface area contributed by atoms with Gasteiger partial charge in [0, 0.05) is 32.1 Å². The van der Waals surface area contributed by atoms with Gasteiger partial charge in [-0.25, -0.2) is 4.79 Å². The molecular weight excluding hydrogens is 370 g/mol. The maximum absolute atomic E-state index is 13.1. The third kappa shape index (κ3) is 3.24. The summed E-state index contributed by atoms with van der Waals surface area (Å²) in [6.07, 6.45) is 8.53. The Balaban J connectivity index is 1.59. The quantitative estimate of drug-likeness (QED) is 0.303. The predicted molar refractivity (Wildman–Crippen MR) is 107 cm³/mol. The van der Waals surface area contributed by atoms with Crippen molar-refractivity contribution in [2.24, 2.45) is 33.7 Å². The summed E-state index contributed by atoms with van der Waals surface area (Å²) in [6, 6.07) is 0. The summed E-state index contributed by atoms with van der Waals surface area (Å²) in [5.74, 6) is 0.557. The zero-order chi connectivity index (χ0) is 21.0. The monoisotopic (exact) mass is 401 g/mol. The Hall–Kier alpha value is -1.98. The van der Waals surface area contributed by atoms with Crippen molar-refractivity contribution in [3.05, 3.63) is 11.6 Å². The van der Waals surface area contributed by atoms with E-state index in [0.717, 1.165) is 38.5 Å². The predicted octanol–water partition coefficient (Wildman–Crippen LogP) is 3.98. The van der Waals surface area contributed by atoms with Gasteiger partial charge in [-0.3, -0.25) is 9.59 Å². The van der Waals surface area contributed by atoms with E-state index in [4.69, 9.17) is 9.57 Å². The van der Waals surface area contributed by atoms with Crippen LogP contribution in [0.2, 0.25) is 0 Å². The Labute approximate surface area is 172 Å². The van der Waals surface area contributed by atoms with Crippen molar-refractivity contribution in [1.29, 1.82) is 0 Å². The first-order valence-electron chi connectivity index (χ1n) is 10.8. The van der Waals surface area contributed by atoms with Crippen LogP contribution in [0.5, 0.6) is 0 Å². The van der Waals surface area contributed by atoms with Gasteiger partial charge in [0.2, 0.25) is 0 Å². The number of carbonyl (C=O) groups is 3. The lowest BCUT2D eigenvalue weighted by molar-refractivity contribution is -0.148. The Kier molecular flexibility index (Phi) is 4.94. The Morgan fingerprint density at radius 2 is 1.76 bits per heavy atom. The van der Waals surface area contributed by atoms with Crippen molar-refractivity contribution in [2.75, 3.05) is 0 Å². The normalized spacial score (nSPS) is 42.4. The maximum Gasteiger partial charge on any atom is 0.331 e. The zero-order valence-corrected chi connectivity index (χ0v) is 17.8. The van der Waals surface area contributed by atoms with E-state index in [-0.39, 0.29) is 29.2 Å². The fourth-order valence-electron chi connectivity index (χ4n) is 6.77. The summed E-state index contributed by atoms with van der Waals surface area (Å²) in [5, 5.41) is 3.90. The highest BCUT2D eigenvalue weighted by molar-refractivity contribution is 6.43. The molecule has 3 saturated carbocycles. The highest BCUT2D eigenvalue weighted by atomic mass is 16.7. The van der Waals surface area contributed by atoms with Gasteiger partial charge < -0.3 is 9.57 Å². The van der Waals surface area contributed by atoms with Crippen LogP contribution in [0.4, 0.5) is 0 Å². The number of esters is 1. The summed E-state index contributed by atoms with van der Waals surface area (Å²) in [4.78, 5) is 40.4. The standard InChI is InChI=1S/C23H31NO5/c1-13(25)28-16-7-9-22(3)15(11-16)5-6-17-18(22)8-10-23(4)19(17)12-20(21(23)27)24-29-14(2)26/h5,16-19H,6-12H2,1-4H3. The molecule has 0 aromatic heterocycles.